The van der Waals surface area contributed by atoms with E-state index in [4.69, 9.17) is 23.2 Å². The Morgan fingerprint density at radius 2 is 1.83 bits per heavy atom. The minimum Gasteiger partial charge on any atom is -0.366 e. The average molecular weight is 350 g/mol. The van der Waals surface area contributed by atoms with Crippen LogP contribution < -0.4 is 4.90 Å². The normalized spacial score (nSPS) is 11.0. The Balaban J connectivity index is 2.43. The predicted molar refractivity (Wildman–Crippen MR) is 102 cm³/mol. The molecule has 0 saturated heterocycles. The largest absolute Gasteiger partial charge is 0.366 e. The highest BCUT2D eigenvalue weighted by atomic mass is 35.5. The van der Waals surface area contributed by atoms with Crippen LogP contribution in [0.2, 0.25) is 10.0 Å². The van der Waals surface area contributed by atoms with Gasteiger partial charge in [0.25, 0.3) is 0 Å². The molecule has 0 fully saturated rings. The minimum absolute atomic E-state index is 0.658. The molecular formula is C18H21Cl2N3. The first-order chi connectivity index (χ1) is 10.9. The summed E-state index contributed by atoms with van der Waals surface area (Å²) in [4.78, 5) is 8.64. The van der Waals surface area contributed by atoms with Crippen molar-refractivity contribution >= 4 is 46.6 Å². The highest BCUT2D eigenvalue weighted by molar-refractivity contribution is 6.31. The maximum Gasteiger partial charge on any atom is 0.0909 e. The fraction of sp³-hybridized carbons (Fsp3) is 0.278. The van der Waals surface area contributed by atoms with Gasteiger partial charge in [-0.2, -0.15) is 0 Å². The summed E-state index contributed by atoms with van der Waals surface area (Å²) in [5, 5.41) is 1.36. The van der Waals surface area contributed by atoms with Crippen LogP contribution >= 0.6 is 23.2 Å². The minimum atomic E-state index is 0.658. The molecule has 0 heterocycles. The summed E-state index contributed by atoms with van der Waals surface area (Å²) in [6, 6.07) is 11.6. The number of nitrogens with zero attached hydrogens (tertiary/aromatic N) is 3. The van der Waals surface area contributed by atoms with Gasteiger partial charge in [0, 0.05) is 42.1 Å². The molecule has 2 rings (SSSR count). The molecule has 5 heteroatoms. The van der Waals surface area contributed by atoms with Crippen molar-refractivity contribution in [1.29, 1.82) is 0 Å². The maximum absolute atomic E-state index is 6.29. The number of halogens is 2. The third kappa shape index (κ3) is 4.40. The van der Waals surface area contributed by atoms with E-state index in [9.17, 15) is 0 Å². The van der Waals surface area contributed by atoms with Crippen LogP contribution in [0.5, 0.6) is 0 Å². The molecule has 2 aromatic carbocycles. The highest BCUT2D eigenvalue weighted by Crippen LogP contribution is 2.36. The molecule has 0 aliphatic rings. The number of hydrogen-bond donors (Lipinski definition) is 0. The SMILES string of the molecule is CCN(C)/C=N\c1cc(Cl)cc(N(C)c2cccc(Cl)c2)c1C. The summed E-state index contributed by atoms with van der Waals surface area (Å²) in [7, 11) is 3.98. The van der Waals surface area contributed by atoms with E-state index in [1.54, 1.807) is 0 Å². The highest BCUT2D eigenvalue weighted by Gasteiger charge is 2.12. The summed E-state index contributed by atoms with van der Waals surface area (Å²) in [5.41, 5.74) is 3.94. The monoisotopic (exact) mass is 349 g/mol. The molecule has 0 unspecified atom stereocenters. The molecule has 0 radical (unpaired) electrons. The Hall–Kier alpha value is -1.71. The second kappa shape index (κ2) is 7.71. The van der Waals surface area contributed by atoms with Crippen LogP contribution in [0, 0.1) is 6.92 Å². The molecule has 122 valence electrons. The molecule has 0 N–H and O–H groups in total. The Kier molecular flexibility index (Phi) is 5.91. The van der Waals surface area contributed by atoms with Crippen LogP contribution in [0.25, 0.3) is 0 Å². The van der Waals surface area contributed by atoms with Gasteiger partial charge in [0.15, 0.2) is 0 Å². The van der Waals surface area contributed by atoms with Gasteiger partial charge in [-0.15, -0.1) is 0 Å². The fourth-order valence-electron chi connectivity index (χ4n) is 2.20. The number of aliphatic imine (C=N–C) groups is 1. The molecule has 23 heavy (non-hydrogen) atoms. The first kappa shape index (κ1) is 17.6. The van der Waals surface area contributed by atoms with Crippen molar-refractivity contribution in [2.24, 2.45) is 4.99 Å². The van der Waals surface area contributed by atoms with E-state index in [2.05, 4.69) is 16.8 Å². The zero-order valence-corrected chi connectivity index (χ0v) is 15.4. The molecule has 0 bridgehead atoms. The van der Waals surface area contributed by atoms with Crippen LogP contribution in [-0.2, 0) is 0 Å². The van der Waals surface area contributed by atoms with Gasteiger partial charge in [-0.1, -0.05) is 29.3 Å². The van der Waals surface area contributed by atoms with Crippen LogP contribution in [-0.4, -0.2) is 31.9 Å². The zero-order valence-electron chi connectivity index (χ0n) is 13.8. The van der Waals surface area contributed by atoms with Crippen molar-refractivity contribution in [3.05, 3.63) is 52.0 Å². The quantitative estimate of drug-likeness (QED) is 0.510. The first-order valence-electron chi connectivity index (χ1n) is 7.46. The van der Waals surface area contributed by atoms with Crippen molar-refractivity contribution < 1.29 is 0 Å². The summed E-state index contributed by atoms with van der Waals surface area (Å²) < 4.78 is 0. The van der Waals surface area contributed by atoms with Gasteiger partial charge in [-0.3, -0.25) is 0 Å². The van der Waals surface area contributed by atoms with E-state index in [1.807, 2.05) is 68.7 Å². The van der Waals surface area contributed by atoms with Gasteiger partial charge in [-0.05, 0) is 49.7 Å². The first-order valence-corrected chi connectivity index (χ1v) is 8.21. The summed E-state index contributed by atoms with van der Waals surface area (Å²) >= 11 is 12.4. The number of rotatable bonds is 5. The van der Waals surface area contributed by atoms with E-state index < -0.39 is 0 Å². The van der Waals surface area contributed by atoms with Crippen molar-refractivity contribution in [2.75, 3.05) is 25.5 Å². The van der Waals surface area contributed by atoms with Gasteiger partial charge in [0.05, 0.1) is 12.0 Å². The smallest absolute Gasteiger partial charge is 0.0909 e. The van der Waals surface area contributed by atoms with Crippen LogP contribution in [0.15, 0.2) is 41.4 Å². The summed E-state index contributed by atoms with van der Waals surface area (Å²) in [5.74, 6) is 0. The van der Waals surface area contributed by atoms with E-state index in [0.717, 1.165) is 29.2 Å². The fourth-order valence-corrected chi connectivity index (χ4v) is 2.59. The second-order valence-electron chi connectivity index (χ2n) is 5.43. The zero-order chi connectivity index (χ0) is 17.0. The molecule has 2 aromatic rings. The van der Waals surface area contributed by atoms with Crippen LogP contribution in [0.4, 0.5) is 17.1 Å². The third-order valence-electron chi connectivity index (χ3n) is 3.77. The van der Waals surface area contributed by atoms with E-state index in [1.165, 1.54) is 0 Å². The van der Waals surface area contributed by atoms with Gasteiger partial charge in [0.2, 0.25) is 0 Å². The maximum atomic E-state index is 6.29. The molecule has 0 spiro atoms. The van der Waals surface area contributed by atoms with Crippen molar-refractivity contribution in [2.45, 2.75) is 13.8 Å². The topological polar surface area (TPSA) is 18.8 Å². The van der Waals surface area contributed by atoms with Crippen molar-refractivity contribution in [3.8, 4) is 0 Å². The molecule has 0 atom stereocenters. The van der Waals surface area contributed by atoms with Gasteiger partial charge < -0.3 is 9.80 Å². The molecule has 0 aliphatic carbocycles. The molecule has 0 saturated carbocycles. The Morgan fingerprint density at radius 1 is 1.09 bits per heavy atom. The number of hydrogen-bond acceptors (Lipinski definition) is 2. The summed E-state index contributed by atoms with van der Waals surface area (Å²) in [6.45, 7) is 5.03. The van der Waals surface area contributed by atoms with Gasteiger partial charge in [0.1, 0.15) is 0 Å². The molecule has 0 aliphatic heterocycles. The van der Waals surface area contributed by atoms with Crippen molar-refractivity contribution in [1.82, 2.24) is 4.90 Å². The number of benzene rings is 2. The molecule has 0 amide bonds. The molecular weight excluding hydrogens is 329 g/mol. The van der Waals surface area contributed by atoms with Gasteiger partial charge in [-0.25, -0.2) is 4.99 Å². The lowest BCUT2D eigenvalue weighted by atomic mass is 10.1. The predicted octanol–water partition coefficient (Wildman–Crippen LogP) is 5.68. The van der Waals surface area contributed by atoms with Gasteiger partial charge >= 0.3 is 0 Å². The van der Waals surface area contributed by atoms with E-state index in [-0.39, 0.29) is 0 Å². The lowest BCUT2D eigenvalue weighted by molar-refractivity contribution is 0.552. The Morgan fingerprint density at radius 3 is 2.48 bits per heavy atom. The lowest BCUT2D eigenvalue weighted by Crippen LogP contribution is -2.14. The Labute approximate surface area is 148 Å². The average Bonchev–Trinajstić information content (AvgIpc) is 2.54. The molecule has 3 nitrogen and oxygen atoms in total. The third-order valence-corrected chi connectivity index (χ3v) is 4.22. The Bertz CT molecular complexity index is 713. The van der Waals surface area contributed by atoms with Crippen LogP contribution in [0.1, 0.15) is 12.5 Å². The lowest BCUT2D eigenvalue weighted by Gasteiger charge is -2.23. The standard InChI is InChI=1S/C18H21Cl2N3/c1-5-22(3)12-21-17-10-15(20)11-18(13(17)2)23(4)16-8-6-7-14(19)9-16/h6-12H,5H2,1-4H3/b21-12-. The van der Waals surface area contributed by atoms with Crippen molar-refractivity contribution in [3.63, 3.8) is 0 Å². The van der Waals surface area contributed by atoms with Crippen LogP contribution in [0.3, 0.4) is 0 Å². The number of anilines is 2. The summed E-state index contributed by atoms with van der Waals surface area (Å²) in [6.07, 6.45) is 1.82. The molecule has 0 aromatic heterocycles. The van der Waals surface area contributed by atoms with E-state index >= 15 is 0 Å². The van der Waals surface area contributed by atoms with E-state index in [0.29, 0.717) is 10.0 Å². The second-order valence-corrected chi connectivity index (χ2v) is 6.30.